The van der Waals surface area contributed by atoms with E-state index in [1.165, 1.54) is 15.9 Å². The van der Waals surface area contributed by atoms with E-state index in [2.05, 4.69) is 91.0 Å². The van der Waals surface area contributed by atoms with Crippen LogP contribution in [0.25, 0.3) is 0 Å². The van der Waals surface area contributed by atoms with Crippen LogP contribution in [0.1, 0.15) is 27.2 Å². The summed E-state index contributed by atoms with van der Waals surface area (Å²) in [6, 6.07) is 32.4. The summed E-state index contributed by atoms with van der Waals surface area (Å²) in [5.41, 5.74) is -0.301. The van der Waals surface area contributed by atoms with Crippen molar-refractivity contribution >= 4 is 29.0 Å². The number of carbonyl (C=O) groups is 1. The van der Waals surface area contributed by atoms with E-state index in [0.717, 1.165) is 6.16 Å². The Balaban J connectivity index is 2.18. The van der Waals surface area contributed by atoms with E-state index in [9.17, 15) is 4.79 Å². The molecule has 3 rings (SSSR count). The van der Waals surface area contributed by atoms with Gasteiger partial charge in [-0.05, 0) is 0 Å². The molecule has 1 nitrogen and oxygen atoms in total. The van der Waals surface area contributed by atoms with E-state index in [1.54, 1.807) is 0 Å². The zero-order valence-electron chi connectivity index (χ0n) is 16.5. The minimum absolute atomic E-state index is 0.301. The van der Waals surface area contributed by atoms with Crippen LogP contribution in [-0.4, -0.2) is 11.9 Å². The summed E-state index contributed by atoms with van der Waals surface area (Å²) in [6.07, 6.45) is 1.50. The fourth-order valence-corrected chi connectivity index (χ4v) is 8.53. The first-order chi connectivity index (χ1) is 12.9. The van der Waals surface area contributed by atoms with E-state index in [-0.39, 0.29) is 5.41 Å². The van der Waals surface area contributed by atoms with Crippen molar-refractivity contribution in [2.45, 2.75) is 27.2 Å². The van der Waals surface area contributed by atoms with Gasteiger partial charge in [-0.15, -0.1) is 0 Å². The summed E-state index contributed by atoms with van der Waals surface area (Å²) in [6.45, 7) is 6.06. The normalized spacial score (nSPS) is 12.6. The van der Waals surface area contributed by atoms with Crippen molar-refractivity contribution in [1.82, 2.24) is 0 Å². The van der Waals surface area contributed by atoms with Crippen LogP contribution in [0.15, 0.2) is 91.0 Å². The average molecular weight is 376 g/mol. The van der Waals surface area contributed by atoms with E-state index in [0.29, 0.717) is 12.2 Å². The molecule has 0 fully saturated rings. The molecule has 0 radical (unpaired) electrons. The summed E-state index contributed by atoms with van der Waals surface area (Å²) in [5.74, 6) is 0.335. The second-order valence-corrected chi connectivity index (χ2v) is 12.2. The van der Waals surface area contributed by atoms with Gasteiger partial charge in [0, 0.05) is 0 Å². The van der Waals surface area contributed by atoms with Gasteiger partial charge in [-0.25, -0.2) is 0 Å². The van der Waals surface area contributed by atoms with Crippen molar-refractivity contribution < 1.29 is 4.79 Å². The molecule has 0 spiro atoms. The molecular formula is C25H29OP. The predicted octanol–water partition coefficient (Wildman–Crippen LogP) is 4.72. The topological polar surface area (TPSA) is 17.1 Å². The maximum atomic E-state index is 12.8. The van der Waals surface area contributed by atoms with Crippen LogP contribution in [0.3, 0.4) is 0 Å². The quantitative estimate of drug-likeness (QED) is 0.569. The number of benzene rings is 3. The van der Waals surface area contributed by atoms with Crippen LogP contribution in [0.5, 0.6) is 0 Å². The zero-order chi connectivity index (χ0) is 19.3. The van der Waals surface area contributed by atoms with Crippen LogP contribution >= 0.6 is 7.26 Å². The van der Waals surface area contributed by atoms with Crippen LogP contribution in [0.4, 0.5) is 0 Å². The van der Waals surface area contributed by atoms with Crippen molar-refractivity contribution in [1.29, 1.82) is 0 Å². The number of hydrogen-bond acceptors (Lipinski definition) is 1. The molecule has 0 aliphatic carbocycles. The number of carbonyl (C=O) groups excluding carboxylic acids is 1. The zero-order valence-corrected chi connectivity index (χ0v) is 17.5. The van der Waals surface area contributed by atoms with Crippen molar-refractivity contribution in [3.8, 4) is 0 Å². The van der Waals surface area contributed by atoms with Crippen molar-refractivity contribution in [3.63, 3.8) is 0 Å². The third-order valence-corrected chi connectivity index (χ3v) is 10.3. The van der Waals surface area contributed by atoms with Crippen LogP contribution in [-0.2, 0) is 4.79 Å². The Morgan fingerprint density at radius 3 is 1.30 bits per heavy atom. The monoisotopic (exact) mass is 376 g/mol. The van der Waals surface area contributed by atoms with Gasteiger partial charge < -0.3 is 0 Å². The minimum atomic E-state index is -2.29. The molecule has 3 aromatic carbocycles. The molecule has 27 heavy (non-hydrogen) atoms. The van der Waals surface area contributed by atoms with Crippen LogP contribution < -0.4 is 15.9 Å². The third kappa shape index (κ3) is 4.20. The summed E-state index contributed by atoms with van der Waals surface area (Å²) in [5, 5.41) is 4.09. The summed E-state index contributed by atoms with van der Waals surface area (Å²) in [7, 11) is -2.29. The molecule has 0 aliphatic rings. The Morgan fingerprint density at radius 1 is 0.667 bits per heavy atom. The van der Waals surface area contributed by atoms with Gasteiger partial charge in [-0.3, -0.25) is 0 Å². The van der Waals surface area contributed by atoms with Gasteiger partial charge in [0.05, 0.1) is 0 Å². The summed E-state index contributed by atoms with van der Waals surface area (Å²) >= 11 is 0. The molecular weight excluding hydrogens is 347 g/mol. The Labute approximate surface area is 163 Å². The van der Waals surface area contributed by atoms with Gasteiger partial charge in [0.25, 0.3) is 0 Å². The summed E-state index contributed by atoms with van der Waals surface area (Å²) in [4.78, 5) is 12.8. The van der Waals surface area contributed by atoms with Crippen LogP contribution in [0.2, 0.25) is 0 Å². The molecule has 0 aromatic heterocycles. The standard InChI is InChI=1S/C25H29OP/c1-25(2,3)24(26)19-20-27(21-13-7-4-8-14-21,22-15-9-5-10-16-22)23-17-11-6-12-18-23/h4-18,27H,19-20H2,1-3H3. The predicted molar refractivity (Wildman–Crippen MR) is 120 cm³/mol. The van der Waals surface area contributed by atoms with Crippen molar-refractivity contribution in [3.05, 3.63) is 91.0 Å². The molecule has 0 heterocycles. The Bertz CT molecular complexity index is 768. The fourth-order valence-electron chi connectivity index (χ4n) is 3.78. The Morgan fingerprint density at radius 2 is 1.00 bits per heavy atom. The molecule has 0 amide bonds. The number of rotatable bonds is 6. The van der Waals surface area contributed by atoms with Gasteiger partial charge in [-0.1, -0.05) is 0 Å². The molecule has 0 aliphatic heterocycles. The summed E-state index contributed by atoms with van der Waals surface area (Å²) < 4.78 is 0. The Kier molecular flexibility index (Phi) is 5.92. The van der Waals surface area contributed by atoms with Gasteiger partial charge in [0.2, 0.25) is 0 Å². The molecule has 0 saturated heterocycles. The van der Waals surface area contributed by atoms with Gasteiger partial charge in [0.1, 0.15) is 0 Å². The molecule has 0 bridgehead atoms. The SMILES string of the molecule is CC(C)(C)C(=O)CC[PH](c1ccccc1)(c1ccccc1)c1ccccc1. The second kappa shape index (κ2) is 8.19. The number of hydrogen-bond donors (Lipinski definition) is 0. The Hall–Kier alpha value is -2.24. The molecule has 3 aromatic rings. The van der Waals surface area contributed by atoms with E-state index in [4.69, 9.17) is 0 Å². The first-order valence-electron chi connectivity index (χ1n) is 9.64. The second-order valence-electron chi connectivity index (χ2n) is 8.18. The number of Topliss-reactive ketones (excluding diaryl/α,β-unsaturated/α-hetero) is 1. The van der Waals surface area contributed by atoms with E-state index in [1.807, 2.05) is 20.8 Å². The van der Waals surface area contributed by atoms with Gasteiger partial charge in [-0.2, -0.15) is 0 Å². The molecule has 2 heteroatoms. The fraction of sp³-hybridized carbons (Fsp3) is 0.240. The van der Waals surface area contributed by atoms with Crippen molar-refractivity contribution in [2.24, 2.45) is 5.41 Å². The maximum absolute atomic E-state index is 12.8. The van der Waals surface area contributed by atoms with Gasteiger partial charge in [0.15, 0.2) is 0 Å². The molecule has 0 saturated carbocycles. The molecule has 0 N–H and O–H groups in total. The molecule has 0 atom stereocenters. The molecule has 0 unspecified atom stereocenters. The third-order valence-electron chi connectivity index (χ3n) is 5.36. The van der Waals surface area contributed by atoms with Gasteiger partial charge >= 0.3 is 164 Å². The van der Waals surface area contributed by atoms with Crippen molar-refractivity contribution in [2.75, 3.05) is 6.16 Å². The first-order valence-corrected chi connectivity index (χ1v) is 11.9. The van der Waals surface area contributed by atoms with E-state index >= 15 is 0 Å². The molecule has 140 valence electrons. The number of ketones is 1. The van der Waals surface area contributed by atoms with E-state index < -0.39 is 7.26 Å². The first kappa shape index (κ1) is 19.5. The average Bonchev–Trinajstić information content (AvgIpc) is 2.70. The van der Waals surface area contributed by atoms with Crippen LogP contribution in [0, 0.1) is 5.41 Å².